The summed E-state index contributed by atoms with van der Waals surface area (Å²) < 4.78 is 24.2. The van der Waals surface area contributed by atoms with Gasteiger partial charge >= 0.3 is 12.2 Å². The Morgan fingerprint density at radius 3 is 2.17 bits per heavy atom. The van der Waals surface area contributed by atoms with Gasteiger partial charge in [-0.3, -0.25) is 9.36 Å². The highest BCUT2D eigenvalue weighted by molar-refractivity contribution is 6.18. The molecule has 0 fully saturated rings. The fourth-order valence-corrected chi connectivity index (χ4v) is 4.64. The van der Waals surface area contributed by atoms with Crippen LogP contribution in [0.2, 0.25) is 0 Å². The topological polar surface area (TPSA) is 137 Å². The van der Waals surface area contributed by atoms with Crippen LogP contribution in [-0.2, 0) is 9.47 Å². The fourth-order valence-electron chi connectivity index (χ4n) is 4.64. The number of aromatic nitrogens is 2. The summed E-state index contributed by atoms with van der Waals surface area (Å²) in [5.74, 6) is 0.317. The standard InChI is InChI=1S/C30H32N4O7/c1-16-10-11-21(38-9)17(2)23(16)33-24-22(20(15-35)32-19-12-13-39-25(19)24)18(14-31)26(33)34(27(36)40-29(3,4)5)28(37)41-30(6,7)8/h10-13,15H,1-9H3. The molecule has 0 atom stereocenters. The maximum atomic E-state index is 13.8. The van der Waals surface area contributed by atoms with E-state index in [9.17, 15) is 19.6 Å². The number of ether oxygens (including phenoxy) is 3. The maximum Gasteiger partial charge on any atom is 0.425 e. The Morgan fingerprint density at radius 1 is 1.05 bits per heavy atom. The van der Waals surface area contributed by atoms with Crippen LogP contribution in [-0.4, -0.2) is 46.3 Å². The molecule has 0 spiro atoms. The third-order valence-electron chi connectivity index (χ3n) is 6.12. The van der Waals surface area contributed by atoms with Gasteiger partial charge in [0.05, 0.1) is 24.4 Å². The number of hydrogen-bond donors (Lipinski definition) is 0. The van der Waals surface area contributed by atoms with Crippen LogP contribution in [0.5, 0.6) is 5.75 Å². The molecule has 0 aliphatic carbocycles. The molecule has 0 aliphatic rings. The molecule has 0 N–H and O–H groups in total. The van der Waals surface area contributed by atoms with Crippen molar-refractivity contribution in [1.29, 1.82) is 5.26 Å². The second kappa shape index (κ2) is 10.3. The van der Waals surface area contributed by atoms with Gasteiger partial charge in [0, 0.05) is 11.6 Å². The van der Waals surface area contributed by atoms with Gasteiger partial charge in [-0.15, -0.1) is 0 Å². The van der Waals surface area contributed by atoms with Crippen LogP contribution in [0.15, 0.2) is 28.9 Å². The zero-order chi connectivity index (χ0) is 30.4. The Balaban J connectivity index is 2.30. The number of nitrogens with zero attached hydrogens (tertiary/aromatic N) is 4. The second-order valence-corrected chi connectivity index (χ2v) is 11.5. The summed E-state index contributed by atoms with van der Waals surface area (Å²) in [5, 5.41) is 10.6. The van der Waals surface area contributed by atoms with E-state index in [1.807, 2.05) is 6.92 Å². The highest BCUT2D eigenvalue weighted by Gasteiger charge is 2.40. The molecule has 0 unspecified atom stereocenters. The number of amides is 2. The number of benzene rings is 1. The van der Waals surface area contributed by atoms with Gasteiger partial charge in [0.2, 0.25) is 0 Å². The minimum atomic E-state index is -1.08. The van der Waals surface area contributed by atoms with Crippen molar-refractivity contribution in [3.8, 4) is 17.5 Å². The van der Waals surface area contributed by atoms with Crippen LogP contribution in [0.3, 0.4) is 0 Å². The van der Waals surface area contributed by atoms with Crippen LogP contribution in [0, 0.1) is 25.2 Å². The molecule has 0 aliphatic heterocycles. The lowest BCUT2D eigenvalue weighted by atomic mass is 10.1. The van der Waals surface area contributed by atoms with Crippen molar-refractivity contribution in [3.05, 3.63) is 46.8 Å². The molecule has 214 valence electrons. The van der Waals surface area contributed by atoms with Gasteiger partial charge in [0.15, 0.2) is 17.7 Å². The van der Waals surface area contributed by atoms with Crippen LogP contribution in [0.4, 0.5) is 15.4 Å². The van der Waals surface area contributed by atoms with Crippen LogP contribution < -0.4 is 9.64 Å². The third kappa shape index (κ3) is 5.20. The van der Waals surface area contributed by atoms with Crippen molar-refractivity contribution in [3.63, 3.8) is 0 Å². The highest BCUT2D eigenvalue weighted by Crippen LogP contribution is 2.43. The quantitative estimate of drug-likeness (QED) is 0.248. The number of imide groups is 1. The molecule has 3 heterocycles. The second-order valence-electron chi connectivity index (χ2n) is 11.5. The predicted molar refractivity (Wildman–Crippen MR) is 152 cm³/mol. The molecule has 2 amide bonds. The summed E-state index contributed by atoms with van der Waals surface area (Å²) in [4.78, 5) is 45.0. The van der Waals surface area contributed by atoms with Crippen LogP contribution >= 0.6 is 0 Å². The average Bonchev–Trinajstić information content (AvgIpc) is 3.44. The first-order valence-electron chi connectivity index (χ1n) is 12.8. The first-order valence-corrected chi connectivity index (χ1v) is 12.8. The lowest BCUT2D eigenvalue weighted by Gasteiger charge is -2.30. The number of anilines is 1. The number of methoxy groups -OCH3 is 1. The number of nitriles is 1. The van der Waals surface area contributed by atoms with Gasteiger partial charge in [-0.05, 0) is 67.0 Å². The van der Waals surface area contributed by atoms with Gasteiger partial charge in [-0.25, -0.2) is 14.6 Å². The van der Waals surface area contributed by atoms with E-state index in [-0.39, 0.29) is 33.6 Å². The van der Waals surface area contributed by atoms with Gasteiger partial charge in [0.25, 0.3) is 0 Å². The normalized spacial score (nSPS) is 11.8. The zero-order valence-electron chi connectivity index (χ0n) is 24.5. The predicted octanol–water partition coefficient (Wildman–Crippen LogP) is 6.76. The number of rotatable bonds is 4. The average molecular weight is 561 g/mol. The van der Waals surface area contributed by atoms with Crippen molar-refractivity contribution in [1.82, 2.24) is 9.55 Å². The fraction of sp³-hybridized carbons (Fsp3) is 0.367. The van der Waals surface area contributed by atoms with E-state index >= 15 is 0 Å². The number of carbonyl (C=O) groups excluding carboxylic acids is 3. The summed E-state index contributed by atoms with van der Waals surface area (Å²) >= 11 is 0. The van der Waals surface area contributed by atoms with Crippen molar-refractivity contribution in [2.45, 2.75) is 66.6 Å². The summed E-state index contributed by atoms with van der Waals surface area (Å²) in [6, 6.07) is 7.26. The Kier molecular flexibility index (Phi) is 7.31. The molecule has 3 aromatic heterocycles. The summed E-state index contributed by atoms with van der Waals surface area (Å²) in [7, 11) is 1.52. The number of fused-ring (bicyclic) bond motifs is 3. The van der Waals surface area contributed by atoms with E-state index < -0.39 is 23.4 Å². The molecule has 41 heavy (non-hydrogen) atoms. The van der Waals surface area contributed by atoms with E-state index in [0.29, 0.717) is 39.3 Å². The molecule has 11 heteroatoms. The van der Waals surface area contributed by atoms with Crippen molar-refractivity contribution < 1.29 is 33.0 Å². The molecule has 4 aromatic rings. The smallest absolute Gasteiger partial charge is 0.425 e. The molecule has 0 bridgehead atoms. The molecule has 0 saturated heterocycles. The third-order valence-corrected chi connectivity index (χ3v) is 6.12. The number of hydrogen-bond acceptors (Lipinski definition) is 9. The van der Waals surface area contributed by atoms with Gasteiger partial charge in [-0.2, -0.15) is 10.2 Å². The molecular weight excluding hydrogens is 528 g/mol. The van der Waals surface area contributed by atoms with E-state index in [2.05, 4.69) is 11.1 Å². The van der Waals surface area contributed by atoms with E-state index in [4.69, 9.17) is 18.6 Å². The molecule has 0 saturated carbocycles. The Morgan fingerprint density at radius 2 is 1.66 bits per heavy atom. The van der Waals surface area contributed by atoms with Crippen LogP contribution in [0.25, 0.3) is 27.7 Å². The summed E-state index contributed by atoms with van der Waals surface area (Å²) in [6.07, 6.45) is -0.247. The number of carbonyl (C=O) groups is 3. The maximum absolute atomic E-state index is 13.8. The Bertz CT molecular complexity index is 1720. The molecule has 11 nitrogen and oxygen atoms in total. The van der Waals surface area contributed by atoms with Crippen LogP contribution in [0.1, 0.15) is 68.7 Å². The Labute approximate surface area is 237 Å². The van der Waals surface area contributed by atoms with Gasteiger partial charge in [-0.1, -0.05) is 6.07 Å². The Hall–Kier alpha value is -4.85. The molecule has 0 radical (unpaired) electrons. The SMILES string of the molecule is COc1ccc(C)c(-n2c(N(C(=O)OC(C)(C)C)C(=O)OC(C)(C)C)c(C#N)c3c(C=O)nc4ccoc4c32)c1C. The van der Waals surface area contributed by atoms with Crippen molar-refractivity contribution >= 4 is 46.3 Å². The van der Waals surface area contributed by atoms with E-state index in [1.165, 1.54) is 17.9 Å². The number of pyridine rings is 1. The largest absolute Gasteiger partial charge is 0.496 e. The lowest BCUT2D eigenvalue weighted by molar-refractivity contribution is 0.0428. The first-order chi connectivity index (χ1) is 19.1. The van der Waals surface area contributed by atoms with E-state index in [0.717, 1.165) is 0 Å². The number of furan rings is 1. The highest BCUT2D eigenvalue weighted by atomic mass is 16.6. The van der Waals surface area contributed by atoms with Gasteiger partial charge < -0.3 is 18.6 Å². The minimum Gasteiger partial charge on any atom is -0.496 e. The summed E-state index contributed by atoms with van der Waals surface area (Å²) in [6.45, 7) is 13.5. The minimum absolute atomic E-state index is 0.0722. The zero-order valence-corrected chi connectivity index (χ0v) is 24.5. The molecular formula is C30H32N4O7. The van der Waals surface area contributed by atoms with E-state index in [1.54, 1.807) is 66.7 Å². The summed E-state index contributed by atoms with van der Waals surface area (Å²) in [5.41, 5.74) is 0.407. The molecule has 1 aromatic carbocycles. The van der Waals surface area contributed by atoms with Gasteiger partial charge in [0.1, 0.15) is 45.3 Å². The monoisotopic (exact) mass is 560 g/mol. The molecule has 4 rings (SSSR count). The lowest BCUT2D eigenvalue weighted by Crippen LogP contribution is -2.45. The van der Waals surface area contributed by atoms with Crippen molar-refractivity contribution in [2.75, 3.05) is 12.0 Å². The number of aldehydes is 1. The first kappa shape index (κ1) is 29.1. The number of aryl methyl sites for hydroxylation is 1. The van der Waals surface area contributed by atoms with Crippen molar-refractivity contribution in [2.24, 2.45) is 0 Å².